The largest absolute Gasteiger partial charge is 0.479 e. The van der Waals surface area contributed by atoms with Gasteiger partial charge in [0, 0.05) is 16.6 Å². The van der Waals surface area contributed by atoms with Crippen molar-refractivity contribution in [2.75, 3.05) is 6.54 Å². The summed E-state index contributed by atoms with van der Waals surface area (Å²) < 4.78 is 5.25. The predicted octanol–water partition coefficient (Wildman–Crippen LogP) is 4.78. The molecule has 0 aliphatic carbocycles. The van der Waals surface area contributed by atoms with Crippen LogP contribution in [-0.4, -0.2) is 28.6 Å². The molecule has 1 atom stereocenters. The van der Waals surface area contributed by atoms with Gasteiger partial charge in [-0.3, -0.25) is 4.90 Å². The van der Waals surface area contributed by atoms with Crippen LogP contribution >= 0.6 is 23.2 Å². The lowest BCUT2D eigenvalue weighted by molar-refractivity contribution is -0.143. The highest BCUT2D eigenvalue weighted by molar-refractivity contribution is 6.34. The Balaban J connectivity index is 2.21. The molecule has 7 heteroatoms. The smallest absolute Gasteiger partial charge is 0.411 e. The number of ether oxygens (including phenoxy) is 1. The highest BCUT2D eigenvalue weighted by atomic mass is 35.5. The van der Waals surface area contributed by atoms with Gasteiger partial charge in [0.25, 0.3) is 0 Å². The van der Waals surface area contributed by atoms with Gasteiger partial charge in [0.15, 0.2) is 6.04 Å². The van der Waals surface area contributed by atoms with Crippen molar-refractivity contribution in [2.45, 2.75) is 19.6 Å². The minimum Gasteiger partial charge on any atom is -0.479 e. The first-order chi connectivity index (χ1) is 11.9. The summed E-state index contributed by atoms with van der Waals surface area (Å²) in [4.78, 5) is 25.3. The fraction of sp³-hybridized carbons (Fsp3) is 0.222. The second-order valence-corrected chi connectivity index (χ2v) is 6.14. The van der Waals surface area contributed by atoms with Crippen LogP contribution in [0.2, 0.25) is 10.0 Å². The predicted molar refractivity (Wildman–Crippen MR) is 95.8 cm³/mol. The lowest BCUT2D eigenvalue weighted by atomic mass is 10.1. The van der Waals surface area contributed by atoms with Gasteiger partial charge in [-0.15, -0.1) is 0 Å². The number of aliphatic carboxylic acids is 1. The van der Waals surface area contributed by atoms with Crippen LogP contribution in [0.25, 0.3) is 0 Å². The van der Waals surface area contributed by atoms with E-state index in [2.05, 4.69) is 0 Å². The van der Waals surface area contributed by atoms with E-state index < -0.39 is 18.1 Å². The zero-order chi connectivity index (χ0) is 18.4. The summed E-state index contributed by atoms with van der Waals surface area (Å²) in [5, 5.41) is 10.2. The fourth-order valence-corrected chi connectivity index (χ4v) is 2.95. The zero-order valence-electron chi connectivity index (χ0n) is 13.5. The lowest BCUT2D eigenvalue weighted by Gasteiger charge is -2.27. The molecule has 0 radical (unpaired) electrons. The molecule has 1 N–H and O–H groups in total. The molecule has 5 nitrogen and oxygen atoms in total. The normalized spacial score (nSPS) is 11.6. The maximum atomic E-state index is 12.4. The van der Waals surface area contributed by atoms with Gasteiger partial charge in [0.2, 0.25) is 0 Å². The molecule has 0 heterocycles. The molecular formula is C18H17Cl2NO4. The van der Waals surface area contributed by atoms with Crippen LogP contribution in [-0.2, 0) is 16.1 Å². The van der Waals surface area contributed by atoms with Crippen molar-refractivity contribution in [1.82, 2.24) is 4.90 Å². The van der Waals surface area contributed by atoms with E-state index in [1.807, 2.05) is 30.3 Å². The third-order valence-corrected chi connectivity index (χ3v) is 3.96. The number of likely N-dealkylation sites (N-methyl/N-ethyl adjacent to an activating group) is 1. The number of halogens is 2. The molecule has 0 fully saturated rings. The first-order valence-corrected chi connectivity index (χ1v) is 8.34. The van der Waals surface area contributed by atoms with E-state index in [0.29, 0.717) is 15.6 Å². The third-order valence-electron chi connectivity index (χ3n) is 3.53. The Hall–Kier alpha value is -2.24. The van der Waals surface area contributed by atoms with Gasteiger partial charge in [-0.2, -0.15) is 0 Å². The van der Waals surface area contributed by atoms with Crippen LogP contribution in [0.5, 0.6) is 0 Å². The average molecular weight is 382 g/mol. The molecule has 0 aromatic heterocycles. The van der Waals surface area contributed by atoms with E-state index in [4.69, 9.17) is 27.9 Å². The minimum atomic E-state index is -1.25. The van der Waals surface area contributed by atoms with Gasteiger partial charge in [0.05, 0.1) is 0 Å². The Labute approximate surface area is 155 Å². The fourth-order valence-electron chi connectivity index (χ4n) is 2.41. The minimum absolute atomic E-state index is 0.0544. The highest BCUT2D eigenvalue weighted by Crippen LogP contribution is 2.28. The van der Waals surface area contributed by atoms with Crippen LogP contribution in [0.4, 0.5) is 4.79 Å². The van der Waals surface area contributed by atoms with Gasteiger partial charge in [-0.05, 0) is 36.2 Å². The number of rotatable bonds is 6. The Morgan fingerprint density at radius 1 is 1.12 bits per heavy atom. The van der Waals surface area contributed by atoms with E-state index in [0.717, 1.165) is 10.5 Å². The molecule has 0 bridgehead atoms. The van der Waals surface area contributed by atoms with Crippen molar-refractivity contribution in [3.63, 3.8) is 0 Å². The SMILES string of the molecule is CCN(C(=O)OCc1ccccc1)C(C(=O)O)c1cc(Cl)cc(Cl)c1. The van der Waals surface area contributed by atoms with Crippen molar-refractivity contribution in [3.8, 4) is 0 Å². The van der Waals surface area contributed by atoms with Crippen LogP contribution in [0.15, 0.2) is 48.5 Å². The monoisotopic (exact) mass is 381 g/mol. The summed E-state index contributed by atoms with van der Waals surface area (Å²) in [6, 6.07) is 12.3. The molecule has 2 rings (SSSR count). The number of carboxylic acids is 1. The second-order valence-electron chi connectivity index (χ2n) is 5.27. The lowest BCUT2D eigenvalue weighted by Crippen LogP contribution is -2.39. The Morgan fingerprint density at radius 2 is 1.72 bits per heavy atom. The summed E-state index contributed by atoms with van der Waals surface area (Å²) in [7, 11) is 0. The number of hydrogen-bond acceptors (Lipinski definition) is 3. The van der Waals surface area contributed by atoms with Crippen LogP contribution in [0.3, 0.4) is 0 Å². The number of carbonyl (C=O) groups excluding carboxylic acids is 1. The Kier molecular flexibility index (Phi) is 6.67. The number of nitrogens with zero attached hydrogens (tertiary/aromatic N) is 1. The summed E-state index contributed by atoms with van der Waals surface area (Å²) >= 11 is 11.9. The van der Waals surface area contributed by atoms with Crippen molar-refractivity contribution < 1.29 is 19.4 Å². The first kappa shape index (κ1) is 19.1. The number of carbonyl (C=O) groups is 2. The van der Waals surface area contributed by atoms with Gasteiger partial charge in [0.1, 0.15) is 6.61 Å². The standard InChI is InChI=1S/C18H17Cl2NO4/c1-2-21(18(24)25-11-12-6-4-3-5-7-12)16(17(22)23)13-8-14(19)10-15(20)9-13/h3-10,16H,2,11H2,1H3,(H,22,23). The molecule has 0 spiro atoms. The Bertz CT molecular complexity index is 732. The molecule has 132 valence electrons. The van der Waals surface area contributed by atoms with E-state index >= 15 is 0 Å². The van der Waals surface area contributed by atoms with Crippen LogP contribution in [0, 0.1) is 0 Å². The van der Waals surface area contributed by atoms with Crippen LogP contribution < -0.4 is 0 Å². The maximum Gasteiger partial charge on any atom is 0.411 e. The maximum absolute atomic E-state index is 12.4. The summed E-state index contributed by atoms with van der Waals surface area (Å²) in [5.41, 5.74) is 1.12. The molecule has 2 aromatic rings. The van der Waals surface area contributed by atoms with E-state index in [9.17, 15) is 14.7 Å². The van der Waals surface area contributed by atoms with Crippen molar-refractivity contribution >= 4 is 35.3 Å². The first-order valence-electron chi connectivity index (χ1n) is 7.58. The molecular weight excluding hydrogens is 365 g/mol. The highest BCUT2D eigenvalue weighted by Gasteiger charge is 2.31. The second kappa shape index (κ2) is 8.74. The molecule has 0 saturated carbocycles. The number of carboxylic acid groups (broad SMARTS) is 1. The molecule has 25 heavy (non-hydrogen) atoms. The van der Waals surface area contributed by atoms with Gasteiger partial charge < -0.3 is 9.84 Å². The zero-order valence-corrected chi connectivity index (χ0v) is 15.0. The van der Waals surface area contributed by atoms with Crippen molar-refractivity contribution in [2.24, 2.45) is 0 Å². The molecule has 1 amide bonds. The summed E-state index contributed by atoms with van der Waals surface area (Å²) in [6.45, 7) is 1.87. The molecule has 0 aliphatic rings. The number of benzene rings is 2. The van der Waals surface area contributed by atoms with Gasteiger partial charge in [-0.1, -0.05) is 53.5 Å². The Morgan fingerprint density at radius 3 is 2.24 bits per heavy atom. The molecule has 2 aromatic carbocycles. The third kappa shape index (κ3) is 5.11. The molecule has 1 unspecified atom stereocenters. The molecule has 0 aliphatic heterocycles. The quantitative estimate of drug-likeness (QED) is 0.781. The number of hydrogen-bond donors (Lipinski definition) is 1. The summed E-state index contributed by atoms with van der Waals surface area (Å²) in [6.07, 6.45) is -0.727. The van der Waals surface area contributed by atoms with E-state index in [1.54, 1.807) is 6.92 Å². The number of amides is 1. The topological polar surface area (TPSA) is 66.8 Å². The van der Waals surface area contributed by atoms with E-state index in [-0.39, 0.29) is 13.2 Å². The molecule has 0 saturated heterocycles. The van der Waals surface area contributed by atoms with Gasteiger partial charge in [-0.25, -0.2) is 9.59 Å². The van der Waals surface area contributed by atoms with Gasteiger partial charge >= 0.3 is 12.1 Å². The summed E-state index contributed by atoms with van der Waals surface area (Å²) in [5.74, 6) is -1.20. The van der Waals surface area contributed by atoms with Crippen molar-refractivity contribution in [3.05, 3.63) is 69.7 Å². The van der Waals surface area contributed by atoms with Crippen molar-refractivity contribution in [1.29, 1.82) is 0 Å². The average Bonchev–Trinajstić information content (AvgIpc) is 2.57. The van der Waals surface area contributed by atoms with E-state index in [1.165, 1.54) is 18.2 Å². The van der Waals surface area contributed by atoms with Crippen LogP contribution in [0.1, 0.15) is 24.1 Å².